The van der Waals surface area contributed by atoms with E-state index in [-0.39, 0.29) is 30.4 Å². The molecule has 0 unspecified atom stereocenters. The number of ether oxygens (including phenoxy) is 1. The average Bonchev–Trinajstić information content (AvgIpc) is 2.50. The van der Waals surface area contributed by atoms with Crippen LogP contribution in [-0.4, -0.2) is 40.0 Å². The van der Waals surface area contributed by atoms with Crippen molar-refractivity contribution < 1.29 is 22.7 Å². The number of esters is 1. The SMILES string of the molecule is Cc1ccc(S(=O)(=O)NCCC(=O)OCC(=O)NCC(C)C)c(C)c1. The number of aryl methyl sites for hydroxylation is 2. The minimum atomic E-state index is -3.69. The highest BCUT2D eigenvalue weighted by molar-refractivity contribution is 7.89. The summed E-state index contributed by atoms with van der Waals surface area (Å²) in [6.45, 7) is 7.54. The van der Waals surface area contributed by atoms with E-state index < -0.39 is 16.0 Å². The summed E-state index contributed by atoms with van der Waals surface area (Å²) in [7, 11) is -3.69. The second-order valence-electron chi connectivity index (χ2n) is 6.28. The molecule has 1 rings (SSSR count). The van der Waals surface area contributed by atoms with Crippen molar-refractivity contribution in [2.24, 2.45) is 5.92 Å². The van der Waals surface area contributed by atoms with E-state index in [9.17, 15) is 18.0 Å². The van der Waals surface area contributed by atoms with Gasteiger partial charge in [-0.25, -0.2) is 13.1 Å². The molecule has 1 aromatic carbocycles. The Morgan fingerprint density at radius 3 is 2.48 bits per heavy atom. The zero-order valence-electron chi connectivity index (χ0n) is 15.1. The van der Waals surface area contributed by atoms with Crippen LogP contribution in [0.4, 0.5) is 0 Å². The lowest BCUT2D eigenvalue weighted by Gasteiger charge is -2.10. The molecule has 1 aromatic rings. The van der Waals surface area contributed by atoms with Crippen molar-refractivity contribution in [1.29, 1.82) is 0 Å². The van der Waals surface area contributed by atoms with Crippen LogP contribution in [0.1, 0.15) is 31.4 Å². The molecule has 0 atom stereocenters. The number of amides is 1. The average molecular weight is 370 g/mol. The second-order valence-corrected chi connectivity index (χ2v) is 8.01. The summed E-state index contributed by atoms with van der Waals surface area (Å²) >= 11 is 0. The van der Waals surface area contributed by atoms with E-state index >= 15 is 0 Å². The highest BCUT2D eigenvalue weighted by Gasteiger charge is 2.17. The zero-order chi connectivity index (χ0) is 19.0. The van der Waals surface area contributed by atoms with Crippen LogP contribution in [0.5, 0.6) is 0 Å². The number of carbonyl (C=O) groups excluding carboxylic acids is 2. The van der Waals surface area contributed by atoms with Crippen molar-refractivity contribution in [2.45, 2.75) is 39.0 Å². The lowest BCUT2D eigenvalue weighted by molar-refractivity contribution is -0.148. The van der Waals surface area contributed by atoms with Crippen LogP contribution in [0.3, 0.4) is 0 Å². The Balaban J connectivity index is 2.40. The molecule has 0 aliphatic rings. The molecule has 0 saturated heterocycles. The number of sulfonamides is 1. The summed E-state index contributed by atoms with van der Waals surface area (Å²) in [5.74, 6) is -0.708. The van der Waals surface area contributed by atoms with Crippen LogP contribution in [0.2, 0.25) is 0 Å². The molecule has 0 radical (unpaired) electrons. The van der Waals surface area contributed by atoms with Crippen molar-refractivity contribution >= 4 is 21.9 Å². The maximum absolute atomic E-state index is 12.2. The maximum Gasteiger partial charge on any atom is 0.307 e. The predicted octanol–water partition coefficient (Wildman–Crippen LogP) is 1.29. The molecular formula is C17H26N2O5S. The maximum atomic E-state index is 12.2. The van der Waals surface area contributed by atoms with Gasteiger partial charge in [-0.15, -0.1) is 0 Å². The van der Waals surface area contributed by atoms with E-state index in [1.807, 2.05) is 20.8 Å². The van der Waals surface area contributed by atoms with Crippen LogP contribution in [-0.2, 0) is 24.3 Å². The summed E-state index contributed by atoms with van der Waals surface area (Å²) in [6, 6.07) is 5.02. The third-order valence-electron chi connectivity index (χ3n) is 3.31. The van der Waals surface area contributed by atoms with Crippen LogP contribution < -0.4 is 10.0 Å². The van der Waals surface area contributed by atoms with Gasteiger partial charge >= 0.3 is 5.97 Å². The number of benzene rings is 1. The van der Waals surface area contributed by atoms with Gasteiger partial charge in [0.2, 0.25) is 10.0 Å². The largest absolute Gasteiger partial charge is 0.456 e. The van der Waals surface area contributed by atoms with E-state index in [0.29, 0.717) is 18.0 Å². The molecule has 0 aliphatic heterocycles. The summed E-state index contributed by atoms with van der Waals surface area (Å²) in [5.41, 5.74) is 1.60. The third-order valence-corrected chi connectivity index (χ3v) is 4.93. The van der Waals surface area contributed by atoms with Crippen LogP contribution >= 0.6 is 0 Å². The Kier molecular flexibility index (Phi) is 8.05. The van der Waals surface area contributed by atoms with Gasteiger partial charge in [0, 0.05) is 13.1 Å². The molecule has 0 aromatic heterocycles. The van der Waals surface area contributed by atoms with E-state index in [2.05, 4.69) is 10.0 Å². The highest BCUT2D eigenvalue weighted by Crippen LogP contribution is 2.16. The van der Waals surface area contributed by atoms with Gasteiger partial charge < -0.3 is 10.1 Å². The van der Waals surface area contributed by atoms with Gasteiger partial charge in [0.25, 0.3) is 5.91 Å². The standard InChI is InChI=1S/C17H26N2O5S/c1-12(2)10-18-16(20)11-24-17(21)7-8-19-25(22,23)15-6-5-13(3)9-14(15)4/h5-6,9,12,19H,7-8,10-11H2,1-4H3,(H,18,20). The molecule has 0 spiro atoms. The summed E-state index contributed by atoms with van der Waals surface area (Å²) in [4.78, 5) is 23.2. The Hall–Kier alpha value is -1.93. The first-order valence-corrected chi connectivity index (χ1v) is 9.59. The molecule has 7 nitrogen and oxygen atoms in total. The van der Waals surface area contributed by atoms with E-state index in [4.69, 9.17) is 4.74 Å². The highest BCUT2D eigenvalue weighted by atomic mass is 32.2. The fourth-order valence-electron chi connectivity index (χ4n) is 2.05. The summed E-state index contributed by atoms with van der Waals surface area (Å²) in [6.07, 6.45) is -0.151. The van der Waals surface area contributed by atoms with Crippen LogP contribution in [0, 0.1) is 19.8 Å². The van der Waals surface area contributed by atoms with Crippen LogP contribution in [0.25, 0.3) is 0 Å². The monoisotopic (exact) mass is 370 g/mol. The summed E-state index contributed by atoms with van der Waals surface area (Å²) < 4.78 is 31.6. The summed E-state index contributed by atoms with van der Waals surface area (Å²) in [5, 5.41) is 2.62. The first-order chi connectivity index (χ1) is 11.6. The van der Waals surface area contributed by atoms with E-state index in [1.165, 1.54) is 6.07 Å². The molecule has 2 N–H and O–H groups in total. The Labute approximate surface area is 149 Å². The quantitative estimate of drug-likeness (QED) is 0.638. The normalized spacial score (nSPS) is 11.4. The van der Waals surface area contributed by atoms with Gasteiger partial charge in [-0.05, 0) is 31.4 Å². The van der Waals surface area contributed by atoms with Crippen molar-refractivity contribution in [3.05, 3.63) is 29.3 Å². The second kappa shape index (κ2) is 9.53. The molecule has 8 heteroatoms. The van der Waals surface area contributed by atoms with Crippen molar-refractivity contribution in [3.8, 4) is 0 Å². The van der Waals surface area contributed by atoms with Gasteiger partial charge in [0.05, 0.1) is 11.3 Å². The van der Waals surface area contributed by atoms with Gasteiger partial charge in [0.15, 0.2) is 6.61 Å². The zero-order valence-corrected chi connectivity index (χ0v) is 15.9. The first kappa shape index (κ1) is 21.1. The lowest BCUT2D eigenvalue weighted by Crippen LogP contribution is -2.32. The van der Waals surface area contributed by atoms with Crippen LogP contribution in [0.15, 0.2) is 23.1 Å². The number of carbonyl (C=O) groups is 2. The predicted molar refractivity (Wildman–Crippen MR) is 94.5 cm³/mol. The fraction of sp³-hybridized carbons (Fsp3) is 0.529. The molecule has 1 amide bonds. The Morgan fingerprint density at radius 1 is 1.20 bits per heavy atom. The lowest BCUT2D eigenvalue weighted by atomic mass is 10.2. The van der Waals surface area contributed by atoms with E-state index in [0.717, 1.165) is 5.56 Å². The topological polar surface area (TPSA) is 102 Å². The first-order valence-electron chi connectivity index (χ1n) is 8.11. The fourth-order valence-corrected chi connectivity index (χ4v) is 3.31. The smallest absolute Gasteiger partial charge is 0.307 e. The van der Waals surface area contributed by atoms with Gasteiger partial charge in [0.1, 0.15) is 0 Å². The molecule has 0 fully saturated rings. The molecule has 0 heterocycles. The molecule has 0 saturated carbocycles. The number of nitrogens with one attached hydrogen (secondary N) is 2. The van der Waals surface area contributed by atoms with E-state index in [1.54, 1.807) is 19.1 Å². The number of hydrogen-bond donors (Lipinski definition) is 2. The molecular weight excluding hydrogens is 344 g/mol. The van der Waals surface area contributed by atoms with Crippen molar-refractivity contribution in [2.75, 3.05) is 19.7 Å². The molecule has 0 bridgehead atoms. The van der Waals surface area contributed by atoms with Gasteiger partial charge in [-0.2, -0.15) is 0 Å². The molecule has 140 valence electrons. The Bertz CT molecular complexity index is 714. The minimum absolute atomic E-state index is 0.0951. The number of rotatable bonds is 9. The van der Waals surface area contributed by atoms with Crippen molar-refractivity contribution in [1.82, 2.24) is 10.0 Å². The molecule has 0 aliphatic carbocycles. The molecule has 25 heavy (non-hydrogen) atoms. The number of hydrogen-bond acceptors (Lipinski definition) is 5. The minimum Gasteiger partial charge on any atom is -0.456 e. The third kappa shape index (κ3) is 7.66. The Morgan fingerprint density at radius 2 is 1.88 bits per heavy atom. The van der Waals surface area contributed by atoms with Gasteiger partial charge in [-0.1, -0.05) is 31.5 Å². The van der Waals surface area contributed by atoms with Gasteiger partial charge in [-0.3, -0.25) is 9.59 Å². The van der Waals surface area contributed by atoms with Crippen molar-refractivity contribution in [3.63, 3.8) is 0 Å².